The molecule has 0 saturated heterocycles. The molecule has 2 rings (SSSR count). The van der Waals surface area contributed by atoms with E-state index >= 15 is 0 Å². The molecule has 1 aliphatic rings. The predicted molar refractivity (Wildman–Crippen MR) is 68.1 cm³/mol. The number of hydrogen-bond acceptors (Lipinski definition) is 3. The average Bonchev–Trinajstić information content (AvgIpc) is 2.39. The summed E-state index contributed by atoms with van der Waals surface area (Å²) in [5.41, 5.74) is 9.32. The van der Waals surface area contributed by atoms with E-state index in [2.05, 4.69) is 20.3 Å². The third kappa shape index (κ3) is 3.64. The van der Waals surface area contributed by atoms with Gasteiger partial charge >= 0.3 is 0 Å². The van der Waals surface area contributed by atoms with Gasteiger partial charge in [0.05, 0.1) is 0 Å². The van der Waals surface area contributed by atoms with Crippen LogP contribution in [0.5, 0.6) is 0 Å². The molecule has 1 aliphatic carbocycles. The average molecular weight is 231 g/mol. The van der Waals surface area contributed by atoms with Crippen LogP contribution in [0.2, 0.25) is 0 Å². The number of pyridine rings is 1. The Balaban J connectivity index is 1.89. The molecule has 5 nitrogen and oxygen atoms in total. The van der Waals surface area contributed by atoms with Crippen molar-refractivity contribution in [1.82, 2.24) is 4.98 Å². The zero-order chi connectivity index (χ0) is 11.9. The number of hydrogen-bond donors (Lipinski definition) is 1. The Kier molecular flexibility index (Phi) is 4.22. The van der Waals surface area contributed by atoms with Crippen molar-refractivity contribution in [3.05, 3.63) is 28.8 Å². The number of nitrogens with zero attached hydrogens (tertiary/aromatic N) is 4. The summed E-state index contributed by atoms with van der Waals surface area (Å²) in [6, 6.07) is 3.68. The Morgan fingerprint density at radius 3 is 3.00 bits per heavy atom. The highest BCUT2D eigenvalue weighted by atomic mass is 15.2. The maximum atomic E-state index is 8.34. The molecule has 0 amide bonds. The Morgan fingerprint density at radius 1 is 1.41 bits per heavy atom. The number of rotatable bonds is 4. The van der Waals surface area contributed by atoms with E-state index in [1.165, 1.54) is 32.1 Å². The van der Waals surface area contributed by atoms with Gasteiger partial charge in [0, 0.05) is 23.3 Å². The van der Waals surface area contributed by atoms with Crippen LogP contribution in [-0.4, -0.2) is 11.5 Å². The Labute approximate surface area is 101 Å². The van der Waals surface area contributed by atoms with Gasteiger partial charge in [-0.1, -0.05) is 19.3 Å². The molecule has 90 valence electrons. The smallest absolute Gasteiger partial charge is 0.128 e. The molecule has 5 heteroatoms. The van der Waals surface area contributed by atoms with Crippen molar-refractivity contribution in [1.29, 1.82) is 0 Å². The van der Waals surface area contributed by atoms with E-state index in [9.17, 15) is 0 Å². The fraction of sp³-hybridized carbons (Fsp3) is 0.583. The lowest BCUT2D eigenvalue weighted by molar-refractivity contribution is 0.373. The highest BCUT2D eigenvalue weighted by molar-refractivity contribution is 5.49. The summed E-state index contributed by atoms with van der Waals surface area (Å²) in [5, 5.41) is 6.88. The van der Waals surface area contributed by atoms with Crippen LogP contribution >= 0.6 is 0 Å². The molecule has 0 aliphatic heterocycles. The lowest BCUT2D eigenvalue weighted by Crippen LogP contribution is -2.17. The number of azide groups is 1. The van der Waals surface area contributed by atoms with Crippen molar-refractivity contribution in [3.63, 3.8) is 0 Å². The lowest BCUT2D eigenvalue weighted by Gasteiger charge is -2.22. The van der Waals surface area contributed by atoms with Crippen LogP contribution in [0.3, 0.4) is 0 Å². The molecule has 0 spiro atoms. The second-order valence-electron chi connectivity index (χ2n) is 4.48. The summed E-state index contributed by atoms with van der Waals surface area (Å²) >= 11 is 0. The summed E-state index contributed by atoms with van der Waals surface area (Å²) in [4.78, 5) is 6.70. The maximum Gasteiger partial charge on any atom is 0.128 e. The molecule has 1 saturated carbocycles. The van der Waals surface area contributed by atoms with Crippen LogP contribution in [-0.2, 0) is 0 Å². The standard InChI is InChI=1S/C12H17N5/c13-17-16-12-8-11(6-7-14-12)15-9-10-4-2-1-3-5-10/h6-8,10H,1-5,9H2,(H,14,15). The molecule has 0 radical (unpaired) electrons. The van der Waals surface area contributed by atoms with Gasteiger partial charge in [0.1, 0.15) is 5.82 Å². The van der Waals surface area contributed by atoms with Gasteiger partial charge in [0.25, 0.3) is 0 Å². The molecule has 1 aromatic heterocycles. The van der Waals surface area contributed by atoms with Gasteiger partial charge in [-0.15, -0.1) is 0 Å². The lowest BCUT2D eigenvalue weighted by atomic mass is 9.89. The van der Waals surface area contributed by atoms with Crippen molar-refractivity contribution >= 4 is 11.5 Å². The van der Waals surface area contributed by atoms with E-state index < -0.39 is 0 Å². The summed E-state index contributed by atoms with van der Waals surface area (Å²) in [7, 11) is 0. The number of nitrogens with one attached hydrogen (secondary N) is 1. The Hall–Kier alpha value is -1.74. The van der Waals surface area contributed by atoms with E-state index in [4.69, 9.17) is 5.53 Å². The van der Waals surface area contributed by atoms with Gasteiger partial charge in [0.15, 0.2) is 0 Å². The van der Waals surface area contributed by atoms with E-state index in [1.54, 1.807) is 12.3 Å². The molecule has 0 atom stereocenters. The number of aromatic nitrogens is 1. The third-order valence-corrected chi connectivity index (χ3v) is 3.21. The van der Waals surface area contributed by atoms with Gasteiger partial charge in [-0.2, -0.15) is 0 Å². The molecule has 0 bridgehead atoms. The van der Waals surface area contributed by atoms with Crippen LogP contribution in [0.25, 0.3) is 10.4 Å². The van der Waals surface area contributed by atoms with Crippen molar-refractivity contribution in [2.24, 2.45) is 11.0 Å². The molecule has 1 fully saturated rings. The van der Waals surface area contributed by atoms with E-state index in [-0.39, 0.29) is 0 Å². The largest absolute Gasteiger partial charge is 0.385 e. The van der Waals surface area contributed by atoms with Gasteiger partial charge < -0.3 is 5.32 Å². The summed E-state index contributed by atoms with van der Waals surface area (Å²) in [6.07, 6.45) is 8.39. The minimum atomic E-state index is 0.418. The molecular formula is C12H17N5. The zero-order valence-electron chi connectivity index (χ0n) is 9.84. The normalized spacial score (nSPS) is 16.2. The first kappa shape index (κ1) is 11.7. The van der Waals surface area contributed by atoms with E-state index in [1.807, 2.05) is 6.07 Å². The first-order valence-corrected chi connectivity index (χ1v) is 6.13. The fourth-order valence-electron chi connectivity index (χ4n) is 2.28. The Morgan fingerprint density at radius 2 is 2.24 bits per heavy atom. The van der Waals surface area contributed by atoms with E-state index in [0.717, 1.165) is 18.2 Å². The van der Waals surface area contributed by atoms with Crippen molar-refractivity contribution in [3.8, 4) is 0 Å². The Bertz CT molecular complexity index is 405. The van der Waals surface area contributed by atoms with E-state index in [0.29, 0.717) is 5.82 Å². The highest BCUT2D eigenvalue weighted by Crippen LogP contribution is 2.24. The highest BCUT2D eigenvalue weighted by Gasteiger charge is 2.12. The number of anilines is 1. The minimum absolute atomic E-state index is 0.418. The first-order chi connectivity index (χ1) is 8.38. The second-order valence-corrected chi connectivity index (χ2v) is 4.48. The third-order valence-electron chi connectivity index (χ3n) is 3.21. The maximum absolute atomic E-state index is 8.34. The SMILES string of the molecule is [N-]=[N+]=Nc1cc(NCC2CCCCC2)ccn1. The second kappa shape index (κ2) is 6.11. The van der Waals surface area contributed by atoms with Gasteiger partial charge in [-0.05, 0) is 41.5 Å². The topological polar surface area (TPSA) is 73.7 Å². The molecule has 1 N–H and O–H groups in total. The predicted octanol–water partition coefficient (Wildman–Crippen LogP) is 4.02. The zero-order valence-corrected chi connectivity index (χ0v) is 9.84. The molecule has 1 heterocycles. The minimum Gasteiger partial charge on any atom is -0.385 e. The molecule has 17 heavy (non-hydrogen) atoms. The molecular weight excluding hydrogens is 214 g/mol. The van der Waals surface area contributed by atoms with Crippen LogP contribution in [0.4, 0.5) is 11.5 Å². The van der Waals surface area contributed by atoms with Crippen molar-refractivity contribution in [2.75, 3.05) is 11.9 Å². The van der Waals surface area contributed by atoms with Gasteiger partial charge in [-0.25, -0.2) is 0 Å². The molecule has 1 aromatic rings. The van der Waals surface area contributed by atoms with Crippen molar-refractivity contribution in [2.45, 2.75) is 32.1 Å². The quantitative estimate of drug-likeness (QED) is 0.483. The monoisotopic (exact) mass is 231 g/mol. The fourth-order valence-corrected chi connectivity index (χ4v) is 2.28. The van der Waals surface area contributed by atoms with Crippen LogP contribution in [0.1, 0.15) is 32.1 Å². The van der Waals surface area contributed by atoms with Crippen molar-refractivity contribution < 1.29 is 0 Å². The molecule has 0 unspecified atom stereocenters. The van der Waals surface area contributed by atoms with Crippen LogP contribution in [0, 0.1) is 5.92 Å². The summed E-state index contributed by atoms with van der Waals surface area (Å²) < 4.78 is 0. The van der Waals surface area contributed by atoms with Gasteiger partial charge in [-0.3, -0.25) is 4.98 Å². The summed E-state index contributed by atoms with van der Waals surface area (Å²) in [6.45, 7) is 1.000. The first-order valence-electron chi connectivity index (χ1n) is 6.13. The van der Waals surface area contributed by atoms with Gasteiger partial charge in [0.2, 0.25) is 0 Å². The van der Waals surface area contributed by atoms with Crippen LogP contribution < -0.4 is 5.32 Å². The van der Waals surface area contributed by atoms with Crippen LogP contribution in [0.15, 0.2) is 23.4 Å². The summed E-state index contributed by atoms with van der Waals surface area (Å²) in [5.74, 6) is 1.20. The molecule has 0 aromatic carbocycles.